The summed E-state index contributed by atoms with van der Waals surface area (Å²) in [7, 11) is 1.58. The van der Waals surface area contributed by atoms with Gasteiger partial charge in [0.15, 0.2) is 0 Å². The fourth-order valence-electron chi connectivity index (χ4n) is 1.43. The van der Waals surface area contributed by atoms with Gasteiger partial charge >= 0.3 is 0 Å². The highest BCUT2D eigenvalue weighted by molar-refractivity contribution is 5.93. The molecular weight excluding hydrogens is 250 g/mol. The average molecular weight is 267 g/mol. The van der Waals surface area contributed by atoms with Crippen molar-refractivity contribution < 1.29 is 14.5 Å². The maximum Gasteiger partial charge on any atom is 0.271 e. The Morgan fingerprint density at radius 2 is 2.21 bits per heavy atom. The van der Waals surface area contributed by atoms with Gasteiger partial charge in [-0.15, -0.1) is 0 Å². The van der Waals surface area contributed by atoms with Gasteiger partial charge in [-0.2, -0.15) is 0 Å². The van der Waals surface area contributed by atoms with Gasteiger partial charge in [0.25, 0.3) is 5.69 Å². The normalized spacial score (nSPS) is 10.2. The van der Waals surface area contributed by atoms with Crippen molar-refractivity contribution >= 4 is 17.3 Å². The van der Waals surface area contributed by atoms with E-state index in [0.717, 1.165) is 5.56 Å². The van der Waals surface area contributed by atoms with Crippen molar-refractivity contribution in [1.29, 1.82) is 0 Å². The number of nitro benzene ring substituents is 1. The van der Waals surface area contributed by atoms with Gasteiger partial charge in [-0.25, -0.2) is 0 Å². The van der Waals surface area contributed by atoms with Crippen LogP contribution in [-0.2, 0) is 9.53 Å². The van der Waals surface area contributed by atoms with Gasteiger partial charge in [0, 0.05) is 25.8 Å². The van der Waals surface area contributed by atoms with Crippen molar-refractivity contribution in [3.63, 3.8) is 0 Å². The molecule has 0 saturated carbocycles. The SMILES string of the molecule is COCCNCC(=O)Nc1cc([N+](=O)[O-])ccc1C. The number of benzene rings is 1. The Labute approximate surface area is 111 Å². The van der Waals surface area contributed by atoms with Crippen LogP contribution >= 0.6 is 0 Å². The number of non-ortho nitro benzene ring substituents is 1. The van der Waals surface area contributed by atoms with Crippen LogP contribution in [0.5, 0.6) is 0 Å². The Morgan fingerprint density at radius 1 is 1.47 bits per heavy atom. The summed E-state index contributed by atoms with van der Waals surface area (Å²) in [4.78, 5) is 21.8. The van der Waals surface area contributed by atoms with Crippen molar-refractivity contribution in [2.75, 3.05) is 32.1 Å². The number of carbonyl (C=O) groups excluding carboxylic acids is 1. The van der Waals surface area contributed by atoms with Crippen LogP contribution in [0.2, 0.25) is 0 Å². The molecule has 19 heavy (non-hydrogen) atoms. The van der Waals surface area contributed by atoms with E-state index in [2.05, 4.69) is 10.6 Å². The minimum atomic E-state index is -0.494. The molecule has 104 valence electrons. The Morgan fingerprint density at radius 3 is 2.84 bits per heavy atom. The third-order valence-corrected chi connectivity index (χ3v) is 2.47. The maximum atomic E-state index is 11.6. The number of amides is 1. The zero-order valence-corrected chi connectivity index (χ0v) is 10.9. The van der Waals surface area contributed by atoms with E-state index in [1.807, 2.05) is 0 Å². The van der Waals surface area contributed by atoms with Gasteiger partial charge in [0.2, 0.25) is 5.91 Å². The predicted molar refractivity (Wildman–Crippen MR) is 71.2 cm³/mol. The molecule has 1 amide bonds. The Balaban J connectivity index is 2.58. The fraction of sp³-hybridized carbons (Fsp3) is 0.417. The molecule has 0 aromatic heterocycles. The molecule has 0 aliphatic carbocycles. The molecule has 0 fully saturated rings. The smallest absolute Gasteiger partial charge is 0.271 e. The number of ether oxygens (including phenoxy) is 1. The molecular formula is C12H17N3O4. The molecule has 0 heterocycles. The molecule has 7 nitrogen and oxygen atoms in total. The number of methoxy groups -OCH3 is 1. The van der Waals surface area contributed by atoms with E-state index in [-0.39, 0.29) is 18.1 Å². The zero-order valence-electron chi connectivity index (χ0n) is 10.9. The van der Waals surface area contributed by atoms with E-state index in [1.54, 1.807) is 20.1 Å². The predicted octanol–water partition coefficient (Wildman–Crippen LogP) is 1.08. The summed E-state index contributed by atoms with van der Waals surface area (Å²) in [5, 5.41) is 16.2. The molecule has 2 N–H and O–H groups in total. The minimum absolute atomic E-state index is 0.0479. The number of nitrogens with zero attached hydrogens (tertiary/aromatic N) is 1. The largest absolute Gasteiger partial charge is 0.383 e. The molecule has 0 aliphatic heterocycles. The summed E-state index contributed by atoms with van der Waals surface area (Å²) in [6.07, 6.45) is 0. The van der Waals surface area contributed by atoms with Gasteiger partial charge in [-0.1, -0.05) is 6.07 Å². The van der Waals surface area contributed by atoms with Crippen LogP contribution in [0.4, 0.5) is 11.4 Å². The van der Waals surface area contributed by atoms with Gasteiger partial charge in [0.05, 0.1) is 23.8 Å². The third kappa shape index (κ3) is 5.02. The molecule has 0 aliphatic rings. The van der Waals surface area contributed by atoms with Crippen molar-refractivity contribution in [3.05, 3.63) is 33.9 Å². The van der Waals surface area contributed by atoms with E-state index in [9.17, 15) is 14.9 Å². The summed E-state index contributed by atoms with van der Waals surface area (Å²) in [5.41, 5.74) is 1.18. The second kappa shape index (κ2) is 7.45. The molecule has 1 aromatic carbocycles. The molecule has 1 aromatic rings. The minimum Gasteiger partial charge on any atom is -0.383 e. The number of rotatable bonds is 7. The van der Waals surface area contributed by atoms with Crippen LogP contribution in [0.3, 0.4) is 0 Å². The molecule has 0 radical (unpaired) electrons. The third-order valence-electron chi connectivity index (χ3n) is 2.47. The van der Waals surface area contributed by atoms with Crippen LogP contribution in [0.25, 0.3) is 0 Å². The lowest BCUT2D eigenvalue weighted by atomic mass is 10.2. The van der Waals surface area contributed by atoms with E-state index in [1.165, 1.54) is 12.1 Å². The molecule has 0 bridgehead atoms. The second-order valence-electron chi connectivity index (χ2n) is 3.97. The molecule has 0 saturated heterocycles. The van der Waals surface area contributed by atoms with Gasteiger partial charge < -0.3 is 15.4 Å². The lowest BCUT2D eigenvalue weighted by Crippen LogP contribution is -2.30. The fourth-order valence-corrected chi connectivity index (χ4v) is 1.43. The Bertz CT molecular complexity index is 462. The number of nitrogens with one attached hydrogen (secondary N) is 2. The number of hydrogen-bond acceptors (Lipinski definition) is 5. The Hall–Kier alpha value is -1.99. The van der Waals surface area contributed by atoms with Crippen LogP contribution in [0.15, 0.2) is 18.2 Å². The van der Waals surface area contributed by atoms with Gasteiger partial charge in [0.1, 0.15) is 0 Å². The van der Waals surface area contributed by atoms with Crippen LogP contribution in [0.1, 0.15) is 5.56 Å². The van der Waals surface area contributed by atoms with Crippen LogP contribution in [-0.4, -0.2) is 37.6 Å². The highest BCUT2D eigenvalue weighted by atomic mass is 16.6. The Kier molecular flexibility index (Phi) is 5.91. The highest BCUT2D eigenvalue weighted by Crippen LogP contribution is 2.21. The first-order valence-electron chi connectivity index (χ1n) is 5.79. The van der Waals surface area contributed by atoms with E-state index in [0.29, 0.717) is 18.8 Å². The standard InChI is InChI=1S/C12H17N3O4/c1-9-3-4-10(15(17)18)7-11(9)14-12(16)8-13-5-6-19-2/h3-4,7,13H,5-6,8H2,1-2H3,(H,14,16). The summed E-state index contributed by atoms with van der Waals surface area (Å²) >= 11 is 0. The summed E-state index contributed by atoms with van der Waals surface area (Å²) in [5.74, 6) is -0.250. The lowest BCUT2D eigenvalue weighted by molar-refractivity contribution is -0.384. The number of aryl methyl sites for hydroxylation is 1. The number of carbonyl (C=O) groups is 1. The summed E-state index contributed by atoms with van der Waals surface area (Å²) < 4.78 is 4.83. The number of anilines is 1. The first-order chi connectivity index (χ1) is 9.04. The molecule has 7 heteroatoms. The summed E-state index contributed by atoms with van der Waals surface area (Å²) in [6, 6.07) is 4.36. The van der Waals surface area contributed by atoms with Crippen molar-refractivity contribution in [2.24, 2.45) is 0 Å². The van der Waals surface area contributed by atoms with E-state index < -0.39 is 4.92 Å². The number of hydrogen-bond donors (Lipinski definition) is 2. The monoisotopic (exact) mass is 267 g/mol. The van der Waals surface area contributed by atoms with Crippen LogP contribution in [0, 0.1) is 17.0 Å². The lowest BCUT2D eigenvalue weighted by Gasteiger charge is -2.08. The highest BCUT2D eigenvalue weighted by Gasteiger charge is 2.10. The van der Waals surface area contributed by atoms with Gasteiger partial charge in [-0.05, 0) is 12.5 Å². The quantitative estimate of drug-likeness (QED) is 0.438. The van der Waals surface area contributed by atoms with Crippen molar-refractivity contribution in [1.82, 2.24) is 5.32 Å². The topological polar surface area (TPSA) is 93.5 Å². The van der Waals surface area contributed by atoms with Gasteiger partial charge in [-0.3, -0.25) is 14.9 Å². The van der Waals surface area contributed by atoms with Crippen molar-refractivity contribution in [3.8, 4) is 0 Å². The average Bonchev–Trinajstić information content (AvgIpc) is 2.37. The van der Waals surface area contributed by atoms with Crippen molar-refractivity contribution in [2.45, 2.75) is 6.92 Å². The molecule has 0 spiro atoms. The van der Waals surface area contributed by atoms with E-state index in [4.69, 9.17) is 4.74 Å². The first kappa shape index (κ1) is 15.1. The van der Waals surface area contributed by atoms with Crippen LogP contribution < -0.4 is 10.6 Å². The van der Waals surface area contributed by atoms with E-state index >= 15 is 0 Å². The summed E-state index contributed by atoms with van der Waals surface area (Å²) in [6.45, 7) is 2.99. The zero-order chi connectivity index (χ0) is 14.3. The second-order valence-corrected chi connectivity index (χ2v) is 3.97. The molecule has 1 rings (SSSR count). The first-order valence-corrected chi connectivity index (χ1v) is 5.79. The number of nitro groups is 1. The molecule has 0 unspecified atom stereocenters. The maximum absolute atomic E-state index is 11.6. The molecule has 0 atom stereocenters.